The number of Topliss-reactive ketones (excluding diaryl/α,β-unsaturated/α-hetero) is 1. The molecule has 1 aliphatic rings. The van der Waals surface area contributed by atoms with Crippen molar-refractivity contribution in [1.82, 2.24) is 0 Å². The Labute approximate surface area is 70.2 Å². The third-order valence-electron chi connectivity index (χ3n) is 2.26. The van der Waals surface area contributed by atoms with Gasteiger partial charge in [-0.1, -0.05) is 24.3 Å². The van der Waals surface area contributed by atoms with E-state index in [-0.39, 0.29) is 12.2 Å². The zero-order valence-electron chi connectivity index (χ0n) is 6.80. The van der Waals surface area contributed by atoms with Gasteiger partial charge in [-0.05, 0) is 12.5 Å². The van der Waals surface area contributed by atoms with E-state index in [2.05, 4.69) is 0 Å². The molecule has 0 radical (unpaired) electrons. The van der Waals surface area contributed by atoms with Crippen LogP contribution < -0.4 is 0 Å². The van der Waals surface area contributed by atoms with E-state index in [4.69, 9.17) is 0 Å². The molecule has 0 bridgehead atoms. The lowest BCUT2D eigenvalue weighted by Crippen LogP contribution is -2.25. The number of hydrogen-bond acceptors (Lipinski definition) is 1. The van der Waals surface area contributed by atoms with Crippen molar-refractivity contribution in [3.05, 3.63) is 35.4 Å². The Hall–Kier alpha value is -1.18. The Morgan fingerprint density at radius 1 is 1.42 bits per heavy atom. The van der Waals surface area contributed by atoms with Gasteiger partial charge in [0.2, 0.25) is 0 Å². The third kappa shape index (κ3) is 0.876. The number of hydrogen-bond donors (Lipinski definition) is 0. The molecule has 0 spiro atoms. The van der Waals surface area contributed by atoms with Crippen LogP contribution in [0.4, 0.5) is 4.39 Å². The molecule has 1 aromatic carbocycles. The molecule has 0 N–H and O–H groups in total. The first-order valence-electron chi connectivity index (χ1n) is 3.93. The molecule has 0 amide bonds. The summed E-state index contributed by atoms with van der Waals surface area (Å²) >= 11 is 0. The fraction of sp³-hybridized carbons (Fsp3) is 0.300. The highest BCUT2D eigenvalue weighted by atomic mass is 19.1. The lowest BCUT2D eigenvalue weighted by atomic mass is 10.1. The van der Waals surface area contributed by atoms with Gasteiger partial charge in [0.1, 0.15) is 0 Å². The zero-order valence-corrected chi connectivity index (χ0v) is 6.80. The summed E-state index contributed by atoms with van der Waals surface area (Å²) in [4.78, 5) is 11.3. The molecule has 12 heavy (non-hydrogen) atoms. The highest BCUT2D eigenvalue weighted by Gasteiger charge is 2.41. The van der Waals surface area contributed by atoms with Crippen molar-refractivity contribution in [3.63, 3.8) is 0 Å². The van der Waals surface area contributed by atoms with Crippen LogP contribution in [-0.4, -0.2) is 11.5 Å². The summed E-state index contributed by atoms with van der Waals surface area (Å²) in [6, 6.07) is 7.08. The first kappa shape index (κ1) is 7.47. The van der Waals surface area contributed by atoms with Crippen LogP contribution in [0, 0.1) is 0 Å². The van der Waals surface area contributed by atoms with Gasteiger partial charge in [-0.15, -0.1) is 0 Å². The molecular formula is C10H9FO. The minimum Gasteiger partial charge on any atom is -0.291 e. The molecule has 1 atom stereocenters. The van der Waals surface area contributed by atoms with Gasteiger partial charge in [0.05, 0.1) is 0 Å². The number of rotatable bonds is 0. The Kier molecular flexibility index (Phi) is 1.34. The van der Waals surface area contributed by atoms with Crippen molar-refractivity contribution in [2.45, 2.75) is 19.0 Å². The standard InChI is InChI=1S/C10H9FO/c1-10(11)6-7-4-2-3-5-8(7)9(10)12/h2-5H,6H2,1H3. The van der Waals surface area contributed by atoms with Crippen molar-refractivity contribution >= 4 is 5.78 Å². The van der Waals surface area contributed by atoms with Crippen molar-refractivity contribution < 1.29 is 9.18 Å². The van der Waals surface area contributed by atoms with E-state index in [0.717, 1.165) is 5.56 Å². The minimum absolute atomic E-state index is 0.224. The van der Waals surface area contributed by atoms with Crippen LogP contribution in [0.15, 0.2) is 24.3 Å². The van der Waals surface area contributed by atoms with Crippen LogP contribution in [0.5, 0.6) is 0 Å². The lowest BCUT2D eigenvalue weighted by Gasteiger charge is -2.07. The quantitative estimate of drug-likeness (QED) is 0.574. The Balaban J connectivity index is 2.57. The number of carbonyl (C=O) groups is 1. The first-order valence-corrected chi connectivity index (χ1v) is 3.93. The van der Waals surface area contributed by atoms with E-state index in [1.165, 1.54) is 6.92 Å². The van der Waals surface area contributed by atoms with Crippen LogP contribution in [-0.2, 0) is 6.42 Å². The lowest BCUT2D eigenvalue weighted by molar-refractivity contribution is 0.0759. The van der Waals surface area contributed by atoms with Crippen LogP contribution in [0.3, 0.4) is 0 Å². The molecule has 2 rings (SSSR count). The topological polar surface area (TPSA) is 17.1 Å². The van der Waals surface area contributed by atoms with Gasteiger partial charge < -0.3 is 0 Å². The molecule has 0 fully saturated rings. The van der Waals surface area contributed by atoms with Crippen LogP contribution >= 0.6 is 0 Å². The molecule has 0 heterocycles. The maximum Gasteiger partial charge on any atom is 0.200 e. The predicted molar refractivity (Wildman–Crippen MR) is 44.0 cm³/mol. The van der Waals surface area contributed by atoms with E-state index in [0.29, 0.717) is 5.56 Å². The summed E-state index contributed by atoms with van der Waals surface area (Å²) in [6.07, 6.45) is 0.224. The van der Waals surface area contributed by atoms with Crippen LogP contribution in [0.1, 0.15) is 22.8 Å². The molecule has 0 aromatic heterocycles. The van der Waals surface area contributed by atoms with Crippen LogP contribution in [0.2, 0.25) is 0 Å². The van der Waals surface area contributed by atoms with Gasteiger partial charge in [-0.2, -0.15) is 0 Å². The first-order chi connectivity index (χ1) is 5.61. The number of halogens is 1. The second-order valence-electron chi connectivity index (χ2n) is 3.36. The molecule has 1 aromatic rings. The van der Waals surface area contributed by atoms with Crippen molar-refractivity contribution in [2.24, 2.45) is 0 Å². The highest BCUT2D eigenvalue weighted by molar-refractivity contribution is 6.06. The SMILES string of the molecule is CC1(F)Cc2ccccc2C1=O. The molecule has 1 unspecified atom stereocenters. The molecule has 62 valence electrons. The highest BCUT2D eigenvalue weighted by Crippen LogP contribution is 2.32. The van der Waals surface area contributed by atoms with Crippen molar-refractivity contribution in [1.29, 1.82) is 0 Å². The Morgan fingerprint density at radius 2 is 2.08 bits per heavy atom. The van der Waals surface area contributed by atoms with Gasteiger partial charge in [0, 0.05) is 12.0 Å². The second-order valence-corrected chi connectivity index (χ2v) is 3.36. The summed E-state index contributed by atoms with van der Waals surface area (Å²) in [6.45, 7) is 1.34. The molecule has 0 saturated carbocycles. The third-order valence-corrected chi connectivity index (χ3v) is 2.26. The van der Waals surface area contributed by atoms with Crippen LogP contribution in [0.25, 0.3) is 0 Å². The minimum atomic E-state index is -1.68. The van der Waals surface area contributed by atoms with E-state index in [9.17, 15) is 9.18 Å². The van der Waals surface area contributed by atoms with E-state index >= 15 is 0 Å². The molecule has 1 nitrogen and oxygen atoms in total. The smallest absolute Gasteiger partial charge is 0.200 e. The summed E-state index contributed by atoms with van der Waals surface area (Å²) in [7, 11) is 0. The number of carbonyl (C=O) groups excluding carboxylic acids is 1. The van der Waals surface area contributed by atoms with E-state index < -0.39 is 5.67 Å². The Morgan fingerprint density at radius 3 is 2.75 bits per heavy atom. The molecular weight excluding hydrogens is 155 g/mol. The largest absolute Gasteiger partial charge is 0.291 e. The summed E-state index contributed by atoms with van der Waals surface area (Å²) in [5.74, 6) is -0.377. The monoisotopic (exact) mass is 164 g/mol. The van der Waals surface area contributed by atoms with Gasteiger partial charge in [0.15, 0.2) is 11.5 Å². The van der Waals surface area contributed by atoms with Gasteiger partial charge in [0.25, 0.3) is 0 Å². The maximum atomic E-state index is 13.4. The fourth-order valence-electron chi connectivity index (χ4n) is 1.61. The average molecular weight is 164 g/mol. The molecule has 2 heteroatoms. The summed E-state index contributed by atoms with van der Waals surface area (Å²) in [5, 5.41) is 0. The molecule has 1 aliphatic carbocycles. The van der Waals surface area contributed by atoms with Crippen molar-refractivity contribution in [3.8, 4) is 0 Å². The fourth-order valence-corrected chi connectivity index (χ4v) is 1.61. The van der Waals surface area contributed by atoms with Gasteiger partial charge >= 0.3 is 0 Å². The summed E-state index contributed by atoms with van der Waals surface area (Å²) in [5.41, 5.74) is -0.307. The molecule has 0 saturated heterocycles. The number of benzene rings is 1. The number of alkyl halides is 1. The number of fused-ring (bicyclic) bond motifs is 1. The van der Waals surface area contributed by atoms with Gasteiger partial charge in [-0.3, -0.25) is 4.79 Å². The second kappa shape index (κ2) is 2.16. The number of ketones is 1. The molecule has 0 aliphatic heterocycles. The van der Waals surface area contributed by atoms with Gasteiger partial charge in [-0.25, -0.2) is 4.39 Å². The maximum absolute atomic E-state index is 13.4. The Bertz CT molecular complexity index is 341. The van der Waals surface area contributed by atoms with Crippen molar-refractivity contribution in [2.75, 3.05) is 0 Å². The summed E-state index contributed by atoms with van der Waals surface area (Å²) < 4.78 is 13.4. The normalized spacial score (nSPS) is 27.3. The average Bonchev–Trinajstić information content (AvgIpc) is 2.24. The predicted octanol–water partition coefficient (Wildman–Crippen LogP) is 2.15. The van der Waals surface area contributed by atoms with E-state index in [1.807, 2.05) is 6.07 Å². The zero-order chi connectivity index (χ0) is 8.77. The van der Waals surface area contributed by atoms with E-state index in [1.54, 1.807) is 18.2 Å².